The van der Waals surface area contributed by atoms with Crippen molar-refractivity contribution in [1.29, 1.82) is 0 Å². The van der Waals surface area contributed by atoms with Gasteiger partial charge in [-0.05, 0) is 30.4 Å². The van der Waals surface area contributed by atoms with Crippen LogP contribution in [0.1, 0.15) is 6.42 Å². The number of piperidine rings is 1. The molecule has 1 saturated heterocycles. The summed E-state index contributed by atoms with van der Waals surface area (Å²) >= 11 is 0. The fourth-order valence-electron chi connectivity index (χ4n) is 3.81. The molecular formula is C19H20N6O. The number of nitrogens with one attached hydrogen (secondary N) is 1. The minimum absolute atomic E-state index is 0.0124. The van der Waals surface area contributed by atoms with Crippen molar-refractivity contribution in [3.05, 3.63) is 36.8 Å². The average molecular weight is 348 g/mol. The van der Waals surface area contributed by atoms with Crippen LogP contribution in [0.5, 0.6) is 0 Å². The first-order chi connectivity index (χ1) is 12.6. The summed E-state index contributed by atoms with van der Waals surface area (Å²) in [7, 11) is 1.88. The molecule has 0 bridgehead atoms. The molecule has 2 atom stereocenters. The topological polar surface area (TPSA) is 75.9 Å². The number of rotatable bonds is 4. The molecular weight excluding hydrogens is 328 g/mol. The summed E-state index contributed by atoms with van der Waals surface area (Å²) in [5.41, 5.74) is 2.62. The van der Waals surface area contributed by atoms with E-state index in [4.69, 9.17) is 4.98 Å². The van der Waals surface area contributed by atoms with Gasteiger partial charge in [-0.25, -0.2) is 9.97 Å². The molecule has 1 amide bonds. The lowest BCUT2D eigenvalue weighted by atomic mass is 10.2. The lowest BCUT2D eigenvalue weighted by molar-refractivity contribution is -0.117. The molecule has 0 spiro atoms. The minimum Gasteiger partial charge on any atom is -0.310 e. The van der Waals surface area contributed by atoms with Crippen LogP contribution >= 0.6 is 0 Å². The first-order valence-electron chi connectivity index (χ1n) is 8.92. The van der Waals surface area contributed by atoms with E-state index in [2.05, 4.69) is 20.3 Å². The average Bonchev–Trinajstić information content (AvgIpc) is 3.01. The Morgan fingerprint density at radius 1 is 1.27 bits per heavy atom. The fraction of sp³-hybridized carbons (Fsp3) is 0.368. The molecule has 3 aromatic rings. The third kappa shape index (κ3) is 2.94. The number of likely N-dealkylation sites (tertiary alicyclic amines) is 1. The Hall–Kier alpha value is -2.80. The highest BCUT2D eigenvalue weighted by Gasteiger charge is 2.45. The molecule has 4 heterocycles. The van der Waals surface area contributed by atoms with E-state index in [1.54, 1.807) is 17.1 Å². The molecule has 0 radical (unpaired) electrons. The van der Waals surface area contributed by atoms with Gasteiger partial charge in [0, 0.05) is 49.5 Å². The van der Waals surface area contributed by atoms with E-state index in [0.29, 0.717) is 12.4 Å². The molecule has 7 nitrogen and oxygen atoms in total. The van der Waals surface area contributed by atoms with Crippen molar-refractivity contribution < 1.29 is 4.79 Å². The zero-order valence-electron chi connectivity index (χ0n) is 14.6. The van der Waals surface area contributed by atoms with Gasteiger partial charge in [0.05, 0.1) is 24.0 Å². The summed E-state index contributed by atoms with van der Waals surface area (Å²) in [5.74, 6) is 2.19. The SMILES string of the molecule is Cn1cc(-c2ccc3cnc(NC(=O)CN4CC5CC5C4)cc3n2)cn1. The number of pyridine rings is 2. The first kappa shape index (κ1) is 15.5. The number of hydrogen-bond acceptors (Lipinski definition) is 5. The number of aryl methyl sites for hydroxylation is 1. The molecule has 3 aromatic heterocycles. The van der Waals surface area contributed by atoms with Gasteiger partial charge in [0.25, 0.3) is 0 Å². The molecule has 132 valence electrons. The number of carbonyl (C=O) groups is 1. The molecule has 2 aliphatic rings. The molecule has 2 fully saturated rings. The summed E-state index contributed by atoms with van der Waals surface area (Å²) < 4.78 is 1.75. The Bertz CT molecular complexity index is 987. The van der Waals surface area contributed by atoms with E-state index in [9.17, 15) is 4.79 Å². The summed E-state index contributed by atoms with van der Waals surface area (Å²) in [5, 5.41) is 8.04. The van der Waals surface area contributed by atoms with Gasteiger partial charge in [-0.1, -0.05) is 0 Å². The van der Waals surface area contributed by atoms with Gasteiger partial charge >= 0.3 is 0 Å². The predicted octanol–water partition coefficient (Wildman–Crippen LogP) is 1.92. The highest BCUT2D eigenvalue weighted by atomic mass is 16.2. The smallest absolute Gasteiger partial charge is 0.239 e. The van der Waals surface area contributed by atoms with Crippen LogP contribution in [0.4, 0.5) is 5.82 Å². The Kier molecular flexibility index (Phi) is 3.49. The van der Waals surface area contributed by atoms with Gasteiger partial charge in [0.15, 0.2) is 0 Å². The lowest BCUT2D eigenvalue weighted by Crippen LogP contribution is -2.32. The number of amides is 1. The van der Waals surface area contributed by atoms with E-state index in [1.165, 1.54) is 6.42 Å². The maximum absolute atomic E-state index is 12.3. The Morgan fingerprint density at radius 2 is 2.12 bits per heavy atom. The van der Waals surface area contributed by atoms with Crippen LogP contribution in [0.3, 0.4) is 0 Å². The second-order valence-electron chi connectivity index (χ2n) is 7.36. The highest BCUT2D eigenvalue weighted by molar-refractivity contribution is 5.93. The Labute approximate surface area is 151 Å². The number of hydrogen-bond donors (Lipinski definition) is 1. The maximum Gasteiger partial charge on any atom is 0.239 e. The molecule has 0 aromatic carbocycles. The monoisotopic (exact) mass is 348 g/mol. The van der Waals surface area contributed by atoms with Crippen molar-refractivity contribution in [2.45, 2.75) is 6.42 Å². The first-order valence-corrected chi connectivity index (χ1v) is 8.92. The maximum atomic E-state index is 12.3. The van der Waals surface area contributed by atoms with Crippen molar-refractivity contribution in [1.82, 2.24) is 24.6 Å². The molecule has 26 heavy (non-hydrogen) atoms. The zero-order chi connectivity index (χ0) is 17.7. The summed E-state index contributed by atoms with van der Waals surface area (Å²) in [4.78, 5) is 23.6. The van der Waals surface area contributed by atoms with Gasteiger partial charge < -0.3 is 5.32 Å². The quantitative estimate of drug-likeness (QED) is 0.780. The summed E-state index contributed by atoms with van der Waals surface area (Å²) in [6.45, 7) is 2.55. The molecule has 7 heteroatoms. The lowest BCUT2D eigenvalue weighted by Gasteiger charge is -2.16. The van der Waals surface area contributed by atoms with Crippen molar-refractivity contribution in [2.75, 3.05) is 25.0 Å². The van der Waals surface area contributed by atoms with Crippen LogP contribution in [0.25, 0.3) is 22.2 Å². The molecule has 5 rings (SSSR count). The van der Waals surface area contributed by atoms with Crippen molar-refractivity contribution in [3.8, 4) is 11.3 Å². The summed E-state index contributed by atoms with van der Waals surface area (Å²) in [6.07, 6.45) is 6.81. The number of aromatic nitrogens is 4. The fourth-order valence-corrected chi connectivity index (χ4v) is 3.81. The van der Waals surface area contributed by atoms with E-state index < -0.39 is 0 Å². The van der Waals surface area contributed by atoms with Crippen LogP contribution in [0, 0.1) is 11.8 Å². The summed E-state index contributed by atoms with van der Waals surface area (Å²) in [6, 6.07) is 5.77. The van der Waals surface area contributed by atoms with Crippen molar-refractivity contribution in [2.24, 2.45) is 18.9 Å². The highest BCUT2D eigenvalue weighted by Crippen LogP contribution is 2.44. The standard InChI is InChI=1S/C19H20N6O/c1-24-8-15(7-21-24)16-3-2-12-6-20-18(5-17(12)22-16)23-19(26)11-25-9-13-4-14(13)10-25/h2-3,5-8,13-14H,4,9-11H2,1H3,(H,20,23,26). The van der Waals surface area contributed by atoms with E-state index >= 15 is 0 Å². The number of anilines is 1. The van der Waals surface area contributed by atoms with Crippen molar-refractivity contribution in [3.63, 3.8) is 0 Å². The Morgan fingerprint density at radius 3 is 2.88 bits per heavy atom. The largest absolute Gasteiger partial charge is 0.310 e. The van der Waals surface area contributed by atoms with Crippen LogP contribution in [-0.2, 0) is 11.8 Å². The van der Waals surface area contributed by atoms with Crippen LogP contribution < -0.4 is 5.32 Å². The number of carbonyl (C=O) groups excluding carboxylic acids is 1. The Balaban J connectivity index is 1.33. The van der Waals surface area contributed by atoms with Gasteiger partial charge in [0.2, 0.25) is 5.91 Å². The van der Waals surface area contributed by atoms with Crippen LogP contribution in [0.15, 0.2) is 36.8 Å². The van der Waals surface area contributed by atoms with E-state index in [0.717, 1.165) is 47.1 Å². The van der Waals surface area contributed by atoms with Gasteiger partial charge in [0.1, 0.15) is 5.82 Å². The second kappa shape index (κ2) is 5.88. The molecule has 2 unspecified atom stereocenters. The number of nitrogens with zero attached hydrogens (tertiary/aromatic N) is 5. The van der Waals surface area contributed by atoms with Crippen LogP contribution in [-0.4, -0.2) is 50.2 Å². The molecule has 1 aliphatic carbocycles. The molecule has 1 N–H and O–H groups in total. The number of fused-ring (bicyclic) bond motifs is 2. The van der Waals surface area contributed by atoms with Gasteiger partial charge in [-0.15, -0.1) is 0 Å². The third-order valence-corrected chi connectivity index (χ3v) is 5.26. The normalized spacial score (nSPS) is 21.7. The van der Waals surface area contributed by atoms with E-state index in [1.807, 2.05) is 31.4 Å². The van der Waals surface area contributed by atoms with Gasteiger partial charge in [-0.2, -0.15) is 5.10 Å². The predicted molar refractivity (Wildman–Crippen MR) is 98.4 cm³/mol. The minimum atomic E-state index is -0.0124. The van der Waals surface area contributed by atoms with Crippen molar-refractivity contribution >= 4 is 22.6 Å². The second-order valence-corrected chi connectivity index (χ2v) is 7.36. The van der Waals surface area contributed by atoms with Crippen LogP contribution in [0.2, 0.25) is 0 Å². The van der Waals surface area contributed by atoms with E-state index in [-0.39, 0.29) is 5.91 Å². The molecule has 1 saturated carbocycles. The third-order valence-electron chi connectivity index (χ3n) is 5.26. The molecule has 1 aliphatic heterocycles. The zero-order valence-corrected chi connectivity index (χ0v) is 14.6. The van der Waals surface area contributed by atoms with Gasteiger partial charge in [-0.3, -0.25) is 14.4 Å².